The van der Waals surface area contributed by atoms with Gasteiger partial charge in [-0.15, -0.1) is 0 Å². The van der Waals surface area contributed by atoms with Gasteiger partial charge in [0.1, 0.15) is 6.04 Å². The summed E-state index contributed by atoms with van der Waals surface area (Å²) in [5.41, 5.74) is 5.70. The van der Waals surface area contributed by atoms with E-state index in [9.17, 15) is 9.59 Å². The molecule has 0 aromatic carbocycles. The molecular weight excluding hydrogens is 170 g/mol. The fraction of sp³-hybridized carbons (Fsp3) is 0.750. The molecule has 0 radical (unpaired) electrons. The Morgan fingerprint density at radius 2 is 2.15 bits per heavy atom. The molecule has 2 unspecified atom stereocenters. The Bertz CT molecular complexity index is 266. The van der Waals surface area contributed by atoms with Crippen molar-refractivity contribution >= 4 is 11.8 Å². The molecule has 0 saturated carbocycles. The van der Waals surface area contributed by atoms with Gasteiger partial charge in [0.15, 0.2) is 0 Å². The van der Waals surface area contributed by atoms with Crippen LogP contribution >= 0.6 is 0 Å². The van der Waals surface area contributed by atoms with Gasteiger partial charge < -0.3 is 15.5 Å². The SMILES string of the molecule is CN1CC(=O)N2CC(N)CC2C1=O. The molecule has 2 fully saturated rings. The van der Waals surface area contributed by atoms with Gasteiger partial charge >= 0.3 is 0 Å². The van der Waals surface area contributed by atoms with Gasteiger partial charge in [-0.3, -0.25) is 9.59 Å². The number of hydrogen-bond acceptors (Lipinski definition) is 3. The molecule has 0 aliphatic carbocycles. The van der Waals surface area contributed by atoms with Gasteiger partial charge in [0.05, 0.1) is 6.54 Å². The monoisotopic (exact) mass is 183 g/mol. The van der Waals surface area contributed by atoms with Crippen LogP contribution in [0.25, 0.3) is 0 Å². The average molecular weight is 183 g/mol. The number of rotatable bonds is 0. The fourth-order valence-electron chi connectivity index (χ4n) is 2.00. The highest BCUT2D eigenvalue weighted by molar-refractivity contribution is 5.95. The minimum Gasteiger partial charge on any atom is -0.335 e. The van der Waals surface area contributed by atoms with Crippen LogP contribution in [0, 0.1) is 0 Å². The van der Waals surface area contributed by atoms with Gasteiger partial charge in [0.2, 0.25) is 11.8 Å². The first-order valence-corrected chi connectivity index (χ1v) is 4.39. The molecule has 2 aliphatic rings. The summed E-state index contributed by atoms with van der Waals surface area (Å²) in [7, 11) is 1.65. The molecule has 0 aromatic heterocycles. The Labute approximate surface area is 76.5 Å². The summed E-state index contributed by atoms with van der Waals surface area (Å²) < 4.78 is 0. The van der Waals surface area contributed by atoms with E-state index in [1.54, 1.807) is 11.9 Å². The second kappa shape index (κ2) is 2.70. The first-order chi connectivity index (χ1) is 6.09. The van der Waals surface area contributed by atoms with Crippen LogP contribution in [0.3, 0.4) is 0 Å². The van der Waals surface area contributed by atoms with Crippen LogP contribution < -0.4 is 5.73 Å². The van der Waals surface area contributed by atoms with Gasteiger partial charge in [-0.2, -0.15) is 0 Å². The molecule has 2 N–H and O–H groups in total. The van der Waals surface area contributed by atoms with Crippen molar-refractivity contribution in [3.8, 4) is 0 Å². The van der Waals surface area contributed by atoms with Gasteiger partial charge in [-0.05, 0) is 6.42 Å². The normalized spacial score (nSPS) is 34.0. The summed E-state index contributed by atoms with van der Waals surface area (Å²) >= 11 is 0. The van der Waals surface area contributed by atoms with Crippen molar-refractivity contribution in [2.24, 2.45) is 5.73 Å². The zero-order valence-corrected chi connectivity index (χ0v) is 7.56. The van der Waals surface area contributed by atoms with Crippen LogP contribution in [-0.2, 0) is 9.59 Å². The van der Waals surface area contributed by atoms with E-state index < -0.39 is 0 Å². The van der Waals surface area contributed by atoms with Crippen LogP contribution in [-0.4, -0.2) is 53.8 Å². The van der Waals surface area contributed by atoms with Crippen LogP contribution in [0.1, 0.15) is 6.42 Å². The number of carbonyl (C=O) groups is 2. The molecule has 2 heterocycles. The molecule has 13 heavy (non-hydrogen) atoms. The molecule has 0 aromatic rings. The lowest BCUT2D eigenvalue weighted by atomic mass is 10.1. The minimum absolute atomic E-state index is 0.0139. The van der Waals surface area contributed by atoms with Gasteiger partial charge in [-0.25, -0.2) is 0 Å². The number of fused-ring (bicyclic) bond motifs is 1. The summed E-state index contributed by atoms with van der Waals surface area (Å²) in [6.45, 7) is 0.727. The van der Waals surface area contributed by atoms with Crippen molar-refractivity contribution in [1.29, 1.82) is 0 Å². The Morgan fingerprint density at radius 3 is 2.85 bits per heavy atom. The third-order valence-corrected chi connectivity index (χ3v) is 2.69. The second-order valence-electron chi connectivity index (χ2n) is 3.75. The van der Waals surface area contributed by atoms with Crippen molar-refractivity contribution < 1.29 is 9.59 Å². The second-order valence-corrected chi connectivity index (χ2v) is 3.75. The number of nitrogens with zero attached hydrogens (tertiary/aromatic N) is 2. The van der Waals surface area contributed by atoms with E-state index >= 15 is 0 Å². The third kappa shape index (κ3) is 1.19. The highest BCUT2D eigenvalue weighted by Crippen LogP contribution is 2.21. The van der Waals surface area contributed by atoms with E-state index in [-0.39, 0.29) is 30.4 Å². The maximum atomic E-state index is 11.6. The summed E-state index contributed by atoms with van der Waals surface area (Å²) in [6.07, 6.45) is 0.606. The predicted octanol–water partition coefficient (Wildman–Crippen LogP) is -1.61. The van der Waals surface area contributed by atoms with Crippen molar-refractivity contribution in [2.75, 3.05) is 20.1 Å². The summed E-state index contributed by atoms with van der Waals surface area (Å²) in [4.78, 5) is 26.1. The zero-order valence-electron chi connectivity index (χ0n) is 7.56. The quantitative estimate of drug-likeness (QED) is 0.491. The molecule has 2 saturated heterocycles. The third-order valence-electron chi connectivity index (χ3n) is 2.69. The highest BCUT2D eigenvalue weighted by Gasteiger charge is 2.43. The van der Waals surface area contributed by atoms with Crippen molar-refractivity contribution in [2.45, 2.75) is 18.5 Å². The maximum Gasteiger partial charge on any atom is 0.245 e. The first kappa shape index (κ1) is 8.50. The zero-order chi connectivity index (χ0) is 9.59. The van der Waals surface area contributed by atoms with Crippen LogP contribution in [0.5, 0.6) is 0 Å². The topological polar surface area (TPSA) is 66.6 Å². The van der Waals surface area contributed by atoms with Crippen molar-refractivity contribution in [1.82, 2.24) is 9.80 Å². The van der Waals surface area contributed by atoms with E-state index in [1.165, 1.54) is 4.90 Å². The molecule has 5 nitrogen and oxygen atoms in total. The Kier molecular flexibility index (Phi) is 1.76. The molecule has 2 amide bonds. The fourth-order valence-corrected chi connectivity index (χ4v) is 2.00. The Morgan fingerprint density at radius 1 is 1.46 bits per heavy atom. The largest absolute Gasteiger partial charge is 0.335 e. The summed E-state index contributed by atoms with van der Waals surface area (Å²) in [6, 6.07) is -0.328. The number of nitrogens with two attached hydrogens (primary N) is 1. The van der Waals surface area contributed by atoms with Crippen LogP contribution in [0.15, 0.2) is 0 Å². The summed E-state index contributed by atoms with van der Waals surface area (Å²) in [5, 5.41) is 0. The lowest BCUT2D eigenvalue weighted by molar-refractivity contribution is -0.152. The van der Waals surface area contributed by atoms with E-state index in [0.29, 0.717) is 13.0 Å². The summed E-state index contributed by atoms with van der Waals surface area (Å²) in [5.74, 6) is 0.0348. The van der Waals surface area contributed by atoms with E-state index in [4.69, 9.17) is 5.73 Å². The van der Waals surface area contributed by atoms with Crippen LogP contribution in [0.2, 0.25) is 0 Å². The molecular formula is C8H13N3O2. The Balaban J connectivity index is 2.23. The van der Waals surface area contributed by atoms with E-state index in [0.717, 1.165) is 0 Å². The van der Waals surface area contributed by atoms with E-state index in [2.05, 4.69) is 0 Å². The number of hydrogen-bond donors (Lipinski definition) is 1. The number of piperazine rings is 1. The Hall–Kier alpha value is -1.10. The van der Waals surface area contributed by atoms with Gasteiger partial charge in [0.25, 0.3) is 0 Å². The standard InChI is InChI=1S/C8H13N3O2/c1-10-4-7(12)11-3-5(9)2-6(11)8(10)13/h5-6H,2-4,9H2,1H3. The number of carbonyl (C=O) groups excluding carboxylic acids is 2. The lowest BCUT2D eigenvalue weighted by Crippen LogP contribution is -2.55. The predicted molar refractivity (Wildman–Crippen MR) is 45.7 cm³/mol. The average Bonchev–Trinajstić information content (AvgIpc) is 2.44. The highest BCUT2D eigenvalue weighted by atomic mass is 16.2. The molecule has 0 spiro atoms. The molecule has 2 rings (SSSR count). The minimum atomic E-state index is -0.291. The smallest absolute Gasteiger partial charge is 0.245 e. The molecule has 5 heteroatoms. The molecule has 0 bridgehead atoms. The van der Waals surface area contributed by atoms with Crippen molar-refractivity contribution in [3.05, 3.63) is 0 Å². The molecule has 2 atom stereocenters. The lowest BCUT2D eigenvalue weighted by Gasteiger charge is -2.33. The van der Waals surface area contributed by atoms with Crippen LogP contribution in [0.4, 0.5) is 0 Å². The van der Waals surface area contributed by atoms with Gasteiger partial charge in [0, 0.05) is 19.6 Å². The molecule has 2 aliphatic heterocycles. The first-order valence-electron chi connectivity index (χ1n) is 4.39. The molecule has 72 valence electrons. The number of likely N-dealkylation sites (N-methyl/N-ethyl adjacent to an activating group) is 1. The maximum absolute atomic E-state index is 11.6. The number of amides is 2. The van der Waals surface area contributed by atoms with Gasteiger partial charge in [-0.1, -0.05) is 0 Å². The van der Waals surface area contributed by atoms with Crippen molar-refractivity contribution in [3.63, 3.8) is 0 Å². The van der Waals surface area contributed by atoms with E-state index in [1.807, 2.05) is 0 Å².